The molecule has 118 valence electrons. The fraction of sp³-hybridized carbons (Fsp3) is 0.294. The minimum absolute atomic E-state index is 0.150. The quantitative estimate of drug-likeness (QED) is 0.821. The Labute approximate surface area is 143 Å². The number of ether oxygens (including phenoxy) is 1. The Bertz CT molecular complexity index is 715. The van der Waals surface area contributed by atoms with Gasteiger partial charge in [-0.05, 0) is 43.2 Å². The lowest BCUT2D eigenvalue weighted by atomic mass is 10.1. The molecule has 1 atom stereocenters. The smallest absolute Gasteiger partial charge is 0.194 e. The number of nitrogens with zero attached hydrogens (tertiary/aromatic N) is 2. The molecule has 1 aromatic carbocycles. The van der Waals surface area contributed by atoms with Crippen molar-refractivity contribution in [3.8, 4) is 11.8 Å². The Kier molecular flexibility index (Phi) is 4.79. The number of aldehydes is 1. The van der Waals surface area contributed by atoms with E-state index in [1.807, 2.05) is 0 Å². The van der Waals surface area contributed by atoms with Crippen LogP contribution in [0, 0.1) is 11.3 Å². The zero-order valence-corrected chi connectivity index (χ0v) is 14.0. The number of halogens is 1. The van der Waals surface area contributed by atoms with Crippen molar-refractivity contribution in [3.63, 3.8) is 0 Å². The number of nitriles is 1. The SMILES string of the molecule is N#CC1=CC=C(Oc2ccc(Br)c(C=O)c2)NC1N1CCCC1. The molecule has 0 bridgehead atoms. The van der Waals surface area contributed by atoms with Crippen LogP contribution in [-0.4, -0.2) is 30.4 Å². The molecule has 6 heteroatoms. The highest BCUT2D eigenvalue weighted by atomic mass is 79.9. The van der Waals surface area contributed by atoms with Crippen LogP contribution in [0.2, 0.25) is 0 Å². The predicted octanol–water partition coefficient (Wildman–Crippen LogP) is 2.96. The maximum absolute atomic E-state index is 11.0. The highest BCUT2D eigenvalue weighted by Gasteiger charge is 2.28. The van der Waals surface area contributed by atoms with Crippen LogP contribution in [0.4, 0.5) is 0 Å². The number of likely N-dealkylation sites (tertiary alicyclic amines) is 1. The predicted molar refractivity (Wildman–Crippen MR) is 89.7 cm³/mol. The Morgan fingerprint density at radius 3 is 2.83 bits per heavy atom. The molecule has 2 aliphatic heterocycles. The summed E-state index contributed by atoms with van der Waals surface area (Å²) >= 11 is 3.32. The third-order valence-electron chi connectivity index (χ3n) is 3.94. The monoisotopic (exact) mass is 373 g/mol. The van der Waals surface area contributed by atoms with Crippen LogP contribution in [0.3, 0.4) is 0 Å². The third kappa shape index (κ3) is 3.46. The molecule has 0 aromatic heterocycles. The normalized spacial score (nSPS) is 21.0. The van der Waals surface area contributed by atoms with Crippen molar-refractivity contribution < 1.29 is 9.53 Å². The first-order valence-electron chi connectivity index (χ1n) is 7.46. The summed E-state index contributed by atoms with van der Waals surface area (Å²) in [6.07, 6.45) is 6.45. The lowest BCUT2D eigenvalue weighted by Crippen LogP contribution is -2.47. The zero-order chi connectivity index (χ0) is 16.2. The number of dihydropyridines is 1. The highest BCUT2D eigenvalue weighted by Crippen LogP contribution is 2.24. The summed E-state index contributed by atoms with van der Waals surface area (Å²) in [5.41, 5.74) is 1.21. The van der Waals surface area contributed by atoms with Crippen molar-refractivity contribution in [3.05, 3.63) is 51.8 Å². The Hall–Kier alpha value is -2.10. The first-order valence-corrected chi connectivity index (χ1v) is 8.25. The molecule has 1 unspecified atom stereocenters. The van der Waals surface area contributed by atoms with Gasteiger partial charge in [0.2, 0.25) is 0 Å². The van der Waals surface area contributed by atoms with Gasteiger partial charge in [0.25, 0.3) is 0 Å². The summed E-state index contributed by atoms with van der Waals surface area (Å²) in [7, 11) is 0. The van der Waals surface area contributed by atoms with Crippen LogP contribution >= 0.6 is 15.9 Å². The van der Waals surface area contributed by atoms with E-state index in [0.29, 0.717) is 22.8 Å². The molecular weight excluding hydrogens is 358 g/mol. The van der Waals surface area contributed by atoms with E-state index in [2.05, 4.69) is 32.2 Å². The molecule has 23 heavy (non-hydrogen) atoms. The van der Waals surface area contributed by atoms with Gasteiger partial charge in [-0.25, -0.2) is 0 Å². The van der Waals surface area contributed by atoms with Crippen LogP contribution in [0.15, 0.2) is 46.3 Å². The van der Waals surface area contributed by atoms with E-state index in [-0.39, 0.29) is 6.17 Å². The van der Waals surface area contributed by atoms with Crippen LogP contribution in [0.5, 0.6) is 5.75 Å². The number of carbonyl (C=O) groups excluding carboxylic acids is 1. The van der Waals surface area contributed by atoms with Crippen molar-refractivity contribution in [1.82, 2.24) is 10.2 Å². The minimum atomic E-state index is -0.150. The molecule has 0 spiro atoms. The maximum atomic E-state index is 11.0. The Balaban J connectivity index is 1.78. The van der Waals surface area contributed by atoms with Gasteiger partial charge in [0, 0.05) is 23.1 Å². The number of benzene rings is 1. The van der Waals surface area contributed by atoms with E-state index < -0.39 is 0 Å². The number of carbonyl (C=O) groups is 1. The van der Waals surface area contributed by atoms with Crippen LogP contribution < -0.4 is 10.1 Å². The van der Waals surface area contributed by atoms with Crippen LogP contribution in [0.25, 0.3) is 0 Å². The second kappa shape index (κ2) is 6.99. The van der Waals surface area contributed by atoms with Crippen molar-refractivity contribution in [1.29, 1.82) is 5.26 Å². The van der Waals surface area contributed by atoms with E-state index in [0.717, 1.165) is 36.7 Å². The summed E-state index contributed by atoms with van der Waals surface area (Å²) < 4.78 is 6.55. The molecule has 0 saturated carbocycles. The van der Waals surface area contributed by atoms with E-state index in [4.69, 9.17) is 4.74 Å². The first kappa shape index (κ1) is 15.8. The molecule has 5 nitrogen and oxygen atoms in total. The van der Waals surface area contributed by atoms with Gasteiger partial charge < -0.3 is 10.1 Å². The number of nitrogens with one attached hydrogen (secondary N) is 1. The van der Waals surface area contributed by atoms with Gasteiger partial charge in [0.1, 0.15) is 11.9 Å². The van der Waals surface area contributed by atoms with Crippen molar-refractivity contribution in [2.75, 3.05) is 13.1 Å². The van der Waals surface area contributed by atoms with Crippen LogP contribution in [0.1, 0.15) is 23.2 Å². The molecule has 0 radical (unpaired) electrons. The molecule has 1 aromatic rings. The molecule has 3 rings (SSSR count). The van der Waals surface area contributed by atoms with Crippen molar-refractivity contribution >= 4 is 22.2 Å². The Morgan fingerprint density at radius 2 is 2.13 bits per heavy atom. The zero-order valence-electron chi connectivity index (χ0n) is 12.5. The summed E-state index contributed by atoms with van der Waals surface area (Å²) in [4.78, 5) is 13.3. The summed E-state index contributed by atoms with van der Waals surface area (Å²) in [6, 6.07) is 7.48. The maximum Gasteiger partial charge on any atom is 0.194 e. The number of hydrogen-bond acceptors (Lipinski definition) is 5. The van der Waals surface area contributed by atoms with Gasteiger partial charge in [-0.15, -0.1) is 0 Å². The molecule has 1 N–H and O–H groups in total. The topological polar surface area (TPSA) is 65.4 Å². The lowest BCUT2D eigenvalue weighted by molar-refractivity contribution is 0.112. The van der Waals surface area contributed by atoms with Crippen molar-refractivity contribution in [2.24, 2.45) is 0 Å². The molecule has 2 heterocycles. The average molecular weight is 374 g/mol. The lowest BCUT2D eigenvalue weighted by Gasteiger charge is -2.31. The van der Waals surface area contributed by atoms with Gasteiger partial charge in [-0.2, -0.15) is 5.26 Å². The average Bonchev–Trinajstić information content (AvgIpc) is 3.11. The molecular formula is C17H16BrN3O2. The summed E-state index contributed by atoms with van der Waals surface area (Å²) in [6.45, 7) is 1.94. The molecule has 0 amide bonds. The highest BCUT2D eigenvalue weighted by molar-refractivity contribution is 9.10. The molecule has 1 fully saturated rings. The Morgan fingerprint density at radius 1 is 1.35 bits per heavy atom. The minimum Gasteiger partial charge on any atom is -0.441 e. The number of allylic oxidation sites excluding steroid dienone is 2. The second-order valence-electron chi connectivity index (χ2n) is 5.46. The molecule has 2 aliphatic rings. The number of hydrogen-bond donors (Lipinski definition) is 1. The van der Waals surface area contributed by atoms with Gasteiger partial charge in [-0.3, -0.25) is 9.69 Å². The van der Waals surface area contributed by atoms with E-state index >= 15 is 0 Å². The van der Waals surface area contributed by atoms with Crippen LogP contribution in [-0.2, 0) is 0 Å². The molecule has 0 aliphatic carbocycles. The summed E-state index contributed by atoms with van der Waals surface area (Å²) in [5, 5.41) is 12.6. The van der Waals surface area contributed by atoms with E-state index in [9.17, 15) is 10.1 Å². The van der Waals surface area contributed by atoms with E-state index in [1.54, 1.807) is 30.4 Å². The van der Waals surface area contributed by atoms with E-state index in [1.165, 1.54) is 0 Å². The van der Waals surface area contributed by atoms with Gasteiger partial charge in [-0.1, -0.05) is 15.9 Å². The first-order chi connectivity index (χ1) is 11.2. The summed E-state index contributed by atoms with van der Waals surface area (Å²) in [5.74, 6) is 1.14. The van der Waals surface area contributed by atoms with Crippen molar-refractivity contribution in [2.45, 2.75) is 19.0 Å². The molecule has 1 saturated heterocycles. The van der Waals surface area contributed by atoms with Gasteiger partial charge >= 0.3 is 0 Å². The second-order valence-corrected chi connectivity index (χ2v) is 6.31. The van der Waals surface area contributed by atoms with Gasteiger partial charge in [0.15, 0.2) is 12.2 Å². The van der Waals surface area contributed by atoms with Gasteiger partial charge in [0.05, 0.1) is 11.6 Å². The fourth-order valence-electron chi connectivity index (χ4n) is 2.77. The fourth-order valence-corrected chi connectivity index (χ4v) is 3.11. The standard InChI is InChI=1S/C17H16BrN3O2/c18-15-5-4-14(9-13(15)11-22)23-16-6-3-12(10-19)17(20-16)21-7-1-2-8-21/h3-6,9,11,17,20H,1-2,7-8H2. The number of rotatable bonds is 4. The third-order valence-corrected chi connectivity index (χ3v) is 4.67. The largest absolute Gasteiger partial charge is 0.441 e.